The molecule has 1 fully saturated rings. The van der Waals surface area contributed by atoms with E-state index >= 15 is 0 Å². The Morgan fingerprint density at radius 3 is 2.42 bits per heavy atom. The molecule has 1 N–H and O–H groups in total. The minimum atomic E-state index is -3.53. The van der Waals surface area contributed by atoms with Gasteiger partial charge in [0.25, 0.3) is 0 Å². The molecule has 3 rings (SSSR count). The number of nitrogens with one attached hydrogen (secondary N) is 1. The van der Waals surface area contributed by atoms with Crippen LogP contribution < -0.4 is 5.32 Å². The molecule has 7 heteroatoms. The van der Waals surface area contributed by atoms with Gasteiger partial charge in [-0.3, -0.25) is 4.79 Å². The molecule has 0 saturated carbocycles. The molecule has 0 bridgehead atoms. The largest absolute Gasteiger partial charge is 0.326 e. The molecule has 1 aliphatic rings. The number of carbonyl (C=O) groups excluding carboxylic acids is 1. The Labute approximate surface area is 158 Å². The third-order valence-corrected chi connectivity index (χ3v) is 7.53. The summed E-state index contributed by atoms with van der Waals surface area (Å²) in [6.45, 7) is 2.43. The van der Waals surface area contributed by atoms with Crippen LogP contribution in [0.15, 0.2) is 59.5 Å². The molecule has 1 atom stereocenters. The second-order valence-electron chi connectivity index (χ2n) is 6.17. The number of hydrogen-bond acceptors (Lipinski definition) is 4. The van der Waals surface area contributed by atoms with Crippen molar-refractivity contribution in [2.75, 3.05) is 24.2 Å². The van der Waals surface area contributed by atoms with Crippen LogP contribution in [0.3, 0.4) is 0 Å². The summed E-state index contributed by atoms with van der Waals surface area (Å²) in [4.78, 5) is 11.3. The fourth-order valence-corrected chi connectivity index (χ4v) is 5.79. The van der Waals surface area contributed by atoms with E-state index < -0.39 is 10.0 Å². The maximum atomic E-state index is 12.9. The topological polar surface area (TPSA) is 66.5 Å². The number of benzene rings is 2. The normalized spacial score (nSPS) is 18.9. The molecule has 5 nitrogen and oxygen atoms in total. The van der Waals surface area contributed by atoms with Gasteiger partial charge in [0, 0.05) is 36.7 Å². The number of carbonyl (C=O) groups is 1. The van der Waals surface area contributed by atoms with Crippen LogP contribution in [-0.2, 0) is 14.8 Å². The van der Waals surface area contributed by atoms with Crippen molar-refractivity contribution in [3.63, 3.8) is 0 Å². The molecule has 26 heavy (non-hydrogen) atoms. The highest BCUT2D eigenvalue weighted by atomic mass is 32.2. The number of hydrogen-bond donors (Lipinski definition) is 1. The highest BCUT2D eigenvalue weighted by Gasteiger charge is 2.28. The van der Waals surface area contributed by atoms with Crippen LogP contribution in [0.4, 0.5) is 5.69 Å². The zero-order valence-corrected chi connectivity index (χ0v) is 16.2. The van der Waals surface area contributed by atoms with Crippen LogP contribution in [0, 0.1) is 0 Å². The summed E-state index contributed by atoms with van der Waals surface area (Å²) in [7, 11) is -3.53. The molecule has 2 aromatic rings. The smallest absolute Gasteiger partial charge is 0.243 e. The van der Waals surface area contributed by atoms with Crippen molar-refractivity contribution < 1.29 is 13.2 Å². The van der Waals surface area contributed by atoms with E-state index in [-0.39, 0.29) is 10.8 Å². The molecule has 0 aliphatic carbocycles. The standard InChI is InChI=1S/C19H22N2O3S2/c1-15(22)20-17-7-9-18(10-8-17)26(23,24)21-12-11-19(25-14-13-21)16-5-3-2-4-6-16/h2-10,19H,11-14H2,1H3,(H,20,22)/t19-/m1/s1. The summed E-state index contributed by atoms with van der Waals surface area (Å²) < 4.78 is 27.5. The number of thioether (sulfide) groups is 1. The van der Waals surface area contributed by atoms with Gasteiger partial charge in [0.05, 0.1) is 4.90 Å². The van der Waals surface area contributed by atoms with Crippen LogP contribution in [0.1, 0.15) is 24.2 Å². The van der Waals surface area contributed by atoms with Crippen molar-refractivity contribution in [2.24, 2.45) is 0 Å². The Hall–Kier alpha value is -1.83. The second kappa shape index (κ2) is 8.24. The maximum Gasteiger partial charge on any atom is 0.243 e. The first kappa shape index (κ1) is 18.9. The van der Waals surface area contributed by atoms with Gasteiger partial charge in [-0.15, -0.1) is 0 Å². The summed E-state index contributed by atoms with van der Waals surface area (Å²) in [6, 6.07) is 16.6. The van der Waals surface area contributed by atoms with Gasteiger partial charge in [0.2, 0.25) is 15.9 Å². The number of sulfonamides is 1. The Morgan fingerprint density at radius 1 is 1.08 bits per heavy atom. The van der Waals surface area contributed by atoms with E-state index in [1.54, 1.807) is 28.6 Å². The molecular weight excluding hydrogens is 368 g/mol. The third kappa shape index (κ3) is 4.47. The van der Waals surface area contributed by atoms with Gasteiger partial charge in [-0.1, -0.05) is 30.3 Å². The molecule has 1 saturated heterocycles. The van der Waals surface area contributed by atoms with Gasteiger partial charge in [-0.05, 0) is 36.2 Å². The fraction of sp³-hybridized carbons (Fsp3) is 0.316. The molecule has 0 aromatic heterocycles. The zero-order chi connectivity index (χ0) is 18.6. The first-order valence-corrected chi connectivity index (χ1v) is 11.0. The Kier molecular flexibility index (Phi) is 6.01. The second-order valence-corrected chi connectivity index (χ2v) is 9.42. The third-order valence-electron chi connectivity index (χ3n) is 4.28. The van der Waals surface area contributed by atoms with E-state index in [2.05, 4.69) is 17.4 Å². The number of amides is 1. The lowest BCUT2D eigenvalue weighted by atomic mass is 10.1. The predicted molar refractivity (Wildman–Crippen MR) is 106 cm³/mol. The Balaban J connectivity index is 1.72. The Morgan fingerprint density at radius 2 is 1.77 bits per heavy atom. The zero-order valence-electron chi connectivity index (χ0n) is 14.6. The monoisotopic (exact) mass is 390 g/mol. The van der Waals surface area contributed by atoms with Crippen molar-refractivity contribution in [2.45, 2.75) is 23.5 Å². The van der Waals surface area contributed by atoms with Gasteiger partial charge in [0.1, 0.15) is 0 Å². The van der Waals surface area contributed by atoms with Gasteiger partial charge < -0.3 is 5.32 Å². The van der Waals surface area contributed by atoms with Crippen molar-refractivity contribution in [3.05, 3.63) is 60.2 Å². The van der Waals surface area contributed by atoms with E-state index in [1.807, 2.05) is 30.0 Å². The molecule has 0 unspecified atom stereocenters. The van der Waals surface area contributed by atoms with Gasteiger partial charge in [-0.2, -0.15) is 16.1 Å². The molecule has 138 valence electrons. The van der Waals surface area contributed by atoms with E-state index in [0.29, 0.717) is 24.0 Å². The van der Waals surface area contributed by atoms with E-state index in [1.165, 1.54) is 12.5 Å². The summed E-state index contributed by atoms with van der Waals surface area (Å²) in [5, 5.41) is 2.96. The molecule has 1 amide bonds. The van der Waals surface area contributed by atoms with Gasteiger partial charge in [0.15, 0.2) is 0 Å². The van der Waals surface area contributed by atoms with Gasteiger partial charge >= 0.3 is 0 Å². The van der Waals surface area contributed by atoms with Gasteiger partial charge in [-0.25, -0.2) is 8.42 Å². The van der Waals surface area contributed by atoms with E-state index in [4.69, 9.17) is 0 Å². The maximum absolute atomic E-state index is 12.9. The Bertz CT molecular complexity index is 852. The van der Waals surface area contributed by atoms with Crippen molar-refractivity contribution in [1.29, 1.82) is 0 Å². The van der Waals surface area contributed by atoms with Crippen molar-refractivity contribution >= 4 is 33.4 Å². The van der Waals surface area contributed by atoms with E-state index in [9.17, 15) is 13.2 Å². The lowest BCUT2D eigenvalue weighted by Crippen LogP contribution is -2.33. The lowest BCUT2D eigenvalue weighted by molar-refractivity contribution is -0.114. The minimum absolute atomic E-state index is 0.183. The summed E-state index contributed by atoms with van der Waals surface area (Å²) >= 11 is 1.81. The highest BCUT2D eigenvalue weighted by molar-refractivity contribution is 7.99. The molecule has 0 spiro atoms. The number of rotatable bonds is 4. The molecule has 1 aliphatic heterocycles. The molecule has 0 radical (unpaired) electrons. The first-order chi connectivity index (χ1) is 12.5. The lowest BCUT2D eigenvalue weighted by Gasteiger charge is -2.20. The SMILES string of the molecule is CC(=O)Nc1ccc(S(=O)(=O)N2CCS[C@@H](c3ccccc3)CC2)cc1. The summed E-state index contributed by atoms with van der Waals surface area (Å²) in [5.74, 6) is 0.583. The first-order valence-electron chi connectivity index (χ1n) is 8.51. The van der Waals surface area contributed by atoms with Crippen LogP contribution in [0.5, 0.6) is 0 Å². The van der Waals surface area contributed by atoms with Crippen LogP contribution in [-0.4, -0.2) is 37.5 Å². The number of nitrogens with zero attached hydrogens (tertiary/aromatic N) is 1. The number of anilines is 1. The van der Waals surface area contributed by atoms with Crippen molar-refractivity contribution in [1.82, 2.24) is 4.31 Å². The summed E-state index contributed by atoms with van der Waals surface area (Å²) in [6.07, 6.45) is 0.790. The van der Waals surface area contributed by atoms with Crippen LogP contribution >= 0.6 is 11.8 Å². The van der Waals surface area contributed by atoms with Crippen LogP contribution in [0.2, 0.25) is 0 Å². The summed E-state index contributed by atoms with van der Waals surface area (Å²) in [5.41, 5.74) is 1.84. The quantitative estimate of drug-likeness (QED) is 0.867. The molecule has 2 aromatic carbocycles. The van der Waals surface area contributed by atoms with Crippen molar-refractivity contribution in [3.8, 4) is 0 Å². The van der Waals surface area contributed by atoms with Crippen LogP contribution in [0.25, 0.3) is 0 Å². The fourth-order valence-electron chi connectivity index (χ4n) is 2.99. The minimum Gasteiger partial charge on any atom is -0.326 e. The van der Waals surface area contributed by atoms with E-state index in [0.717, 1.165) is 12.2 Å². The molecular formula is C19H22N2O3S2. The average Bonchev–Trinajstić information content (AvgIpc) is 2.89. The molecule has 1 heterocycles. The predicted octanol–water partition coefficient (Wildman–Crippen LogP) is 3.51. The average molecular weight is 391 g/mol. The highest BCUT2D eigenvalue weighted by Crippen LogP contribution is 2.35.